The van der Waals surface area contributed by atoms with Crippen molar-refractivity contribution in [1.29, 1.82) is 0 Å². The largest absolute Gasteiger partial charge is 0.402 e. The molecule has 0 aliphatic carbocycles. The molecule has 0 aromatic heterocycles. The van der Waals surface area contributed by atoms with E-state index in [2.05, 4.69) is 0 Å². The predicted molar refractivity (Wildman–Crippen MR) is 49.7 cm³/mol. The summed E-state index contributed by atoms with van der Waals surface area (Å²) in [6, 6.07) is 6.53. The summed E-state index contributed by atoms with van der Waals surface area (Å²) >= 11 is 0. The highest BCUT2D eigenvalue weighted by Crippen LogP contribution is 2.46. The summed E-state index contributed by atoms with van der Waals surface area (Å²) < 4.78 is 43.4. The first-order valence-electron chi connectivity index (χ1n) is 4.67. The minimum absolute atomic E-state index is 0.264. The first-order chi connectivity index (χ1) is 6.96. The molecule has 0 unspecified atom stereocenters. The van der Waals surface area contributed by atoms with Gasteiger partial charge < -0.3 is 4.74 Å². The average molecular weight is 216 g/mol. The van der Waals surface area contributed by atoms with Gasteiger partial charge in [0.2, 0.25) is 0 Å². The van der Waals surface area contributed by atoms with Gasteiger partial charge in [0, 0.05) is 0 Å². The van der Waals surface area contributed by atoms with Gasteiger partial charge in [-0.25, -0.2) is 0 Å². The van der Waals surface area contributed by atoms with E-state index in [1.807, 2.05) is 0 Å². The smallest absolute Gasteiger partial charge is 0.379 e. The van der Waals surface area contributed by atoms with Crippen LogP contribution in [-0.2, 0) is 10.2 Å². The van der Waals surface area contributed by atoms with Crippen molar-refractivity contribution in [1.82, 2.24) is 0 Å². The SMILES string of the molecule is Cc1cccc(C2(C(F)(F)F)COC2)c1. The second kappa shape index (κ2) is 3.23. The highest BCUT2D eigenvalue weighted by Gasteiger charge is 2.60. The van der Waals surface area contributed by atoms with Crippen LogP contribution in [0, 0.1) is 6.92 Å². The van der Waals surface area contributed by atoms with Crippen molar-refractivity contribution < 1.29 is 17.9 Å². The summed E-state index contributed by atoms with van der Waals surface area (Å²) in [5.41, 5.74) is -0.636. The van der Waals surface area contributed by atoms with E-state index in [9.17, 15) is 13.2 Å². The van der Waals surface area contributed by atoms with E-state index in [1.165, 1.54) is 6.07 Å². The van der Waals surface area contributed by atoms with Crippen molar-refractivity contribution in [3.63, 3.8) is 0 Å². The summed E-state index contributed by atoms with van der Waals surface area (Å²) in [4.78, 5) is 0. The molecule has 0 N–H and O–H groups in total. The van der Waals surface area contributed by atoms with Crippen LogP contribution in [0.5, 0.6) is 0 Å². The average Bonchev–Trinajstić information content (AvgIpc) is 1.98. The number of aryl methyl sites for hydroxylation is 1. The Morgan fingerprint density at radius 1 is 1.27 bits per heavy atom. The van der Waals surface area contributed by atoms with Crippen LogP contribution in [0.3, 0.4) is 0 Å². The fourth-order valence-corrected chi connectivity index (χ4v) is 1.74. The summed E-state index contributed by atoms with van der Waals surface area (Å²) in [6.45, 7) is 1.26. The number of benzene rings is 1. The molecule has 82 valence electrons. The highest BCUT2D eigenvalue weighted by molar-refractivity contribution is 5.33. The lowest BCUT2D eigenvalue weighted by molar-refractivity contribution is -0.262. The second-order valence-corrected chi connectivity index (χ2v) is 3.94. The molecule has 1 saturated heterocycles. The van der Waals surface area contributed by atoms with Crippen molar-refractivity contribution in [2.45, 2.75) is 18.5 Å². The molecule has 1 fully saturated rings. The zero-order valence-electron chi connectivity index (χ0n) is 8.27. The van der Waals surface area contributed by atoms with Crippen LogP contribution >= 0.6 is 0 Å². The summed E-state index contributed by atoms with van der Waals surface area (Å²) in [5, 5.41) is 0. The van der Waals surface area contributed by atoms with Crippen LogP contribution in [0.1, 0.15) is 11.1 Å². The van der Waals surface area contributed by atoms with Crippen molar-refractivity contribution in [2.75, 3.05) is 13.2 Å². The molecule has 2 rings (SSSR count). The number of rotatable bonds is 1. The maximum atomic E-state index is 12.9. The molecule has 1 nitrogen and oxygen atoms in total. The summed E-state index contributed by atoms with van der Waals surface area (Å²) in [6.07, 6.45) is -4.24. The van der Waals surface area contributed by atoms with Crippen molar-refractivity contribution in [2.24, 2.45) is 0 Å². The molecule has 0 saturated carbocycles. The van der Waals surface area contributed by atoms with Crippen molar-refractivity contribution >= 4 is 0 Å². The fraction of sp³-hybridized carbons (Fsp3) is 0.455. The lowest BCUT2D eigenvalue weighted by Crippen LogP contribution is -2.57. The number of ether oxygens (including phenoxy) is 1. The van der Waals surface area contributed by atoms with E-state index >= 15 is 0 Å². The molecule has 1 aromatic carbocycles. The first-order valence-corrected chi connectivity index (χ1v) is 4.67. The number of hydrogen-bond donors (Lipinski definition) is 0. The lowest BCUT2D eigenvalue weighted by atomic mass is 9.77. The molecule has 0 atom stereocenters. The zero-order valence-corrected chi connectivity index (χ0v) is 8.27. The normalized spacial score (nSPS) is 19.7. The van der Waals surface area contributed by atoms with E-state index in [4.69, 9.17) is 4.74 Å². The van der Waals surface area contributed by atoms with Gasteiger partial charge in [0.25, 0.3) is 0 Å². The third-order valence-electron chi connectivity index (χ3n) is 2.81. The van der Waals surface area contributed by atoms with Gasteiger partial charge in [-0.3, -0.25) is 0 Å². The fourth-order valence-electron chi connectivity index (χ4n) is 1.74. The Bertz CT molecular complexity index is 366. The molecule has 1 aliphatic heterocycles. The van der Waals surface area contributed by atoms with Gasteiger partial charge in [-0.15, -0.1) is 0 Å². The van der Waals surface area contributed by atoms with Gasteiger partial charge in [0.05, 0.1) is 13.2 Å². The van der Waals surface area contributed by atoms with Gasteiger partial charge in [-0.05, 0) is 12.5 Å². The third kappa shape index (κ3) is 1.53. The van der Waals surface area contributed by atoms with Crippen LogP contribution in [0.25, 0.3) is 0 Å². The molecule has 0 spiro atoms. The predicted octanol–water partition coefficient (Wildman–Crippen LogP) is 2.83. The molecule has 1 aromatic rings. The Labute approximate surface area is 85.9 Å². The van der Waals surface area contributed by atoms with E-state index in [1.54, 1.807) is 25.1 Å². The lowest BCUT2D eigenvalue weighted by Gasteiger charge is -2.43. The highest BCUT2D eigenvalue weighted by atomic mass is 19.4. The van der Waals surface area contributed by atoms with Crippen LogP contribution in [-0.4, -0.2) is 19.4 Å². The number of hydrogen-bond acceptors (Lipinski definition) is 1. The molecular formula is C11H11F3O. The Kier molecular flexibility index (Phi) is 2.26. The molecule has 0 radical (unpaired) electrons. The zero-order chi connectivity index (χ0) is 11.1. The standard InChI is InChI=1S/C11H11F3O/c1-8-3-2-4-9(5-8)10(6-15-7-10)11(12,13)14/h2-5H,6-7H2,1H3. The van der Waals surface area contributed by atoms with Crippen LogP contribution in [0.15, 0.2) is 24.3 Å². The monoisotopic (exact) mass is 216 g/mol. The van der Waals surface area contributed by atoms with E-state index in [0.29, 0.717) is 5.56 Å². The summed E-state index contributed by atoms with van der Waals surface area (Å²) in [7, 11) is 0. The van der Waals surface area contributed by atoms with Crippen LogP contribution in [0.2, 0.25) is 0 Å². The van der Waals surface area contributed by atoms with Crippen molar-refractivity contribution in [3.8, 4) is 0 Å². The topological polar surface area (TPSA) is 9.23 Å². The van der Waals surface area contributed by atoms with Crippen LogP contribution < -0.4 is 0 Å². The van der Waals surface area contributed by atoms with Crippen LogP contribution in [0.4, 0.5) is 13.2 Å². The van der Waals surface area contributed by atoms with Gasteiger partial charge in [0.1, 0.15) is 5.41 Å². The van der Waals surface area contributed by atoms with E-state index < -0.39 is 11.6 Å². The maximum absolute atomic E-state index is 12.9. The first kappa shape index (κ1) is 10.5. The Morgan fingerprint density at radius 3 is 2.33 bits per heavy atom. The second-order valence-electron chi connectivity index (χ2n) is 3.94. The van der Waals surface area contributed by atoms with Gasteiger partial charge in [0.15, 0.2) is 0 Å². The van der Waals surface area contributed by atoms with E-state index in [0.717, 1.165) is 5.56 Å². The Balaban J connectivity index is 2.43. The van der Waals surface area contributed by atoms with Gasteiger partial charge >= 0.3 is 6.18 Å². The quantitative estimate of drug-likeness (QED) is 0.701. The minimum Gasteiger partial charge on any atom is -0.379 e. The molecule has 0 bridgehead atoms. The number of alkyl halides is 3. The van der Waals surface area contributed by atoms with Gasteiger partial charge in [-0.1, -0.05) is 29.8 Å². The maximum Gasteiger partial charge on any atom is 0.402 e. The molecule has 0 amide bonds. The Morgan fingerprint density at radius 2 is 1.93 bits per heavy atom. The molecule has 1 aliphatic rings. The molecular weight excluding hydrogens is 205 g/mol. The minimum atomic E-state index is -4.24. The number of halogens is 3. The van der Waals surface area contributed by atoms with E-state index in [-0.39, 0.29) is 13.2 Å². The molecule has 4 heteroatoms. The molecule has 15 heavy (non-hydrogen) atoms. The third-order valence-corrected chi connectivity index (χ3v) is 2.81. The summed E-state index contributed by atoms with van der Waals surface area (Å²) in [5.74, 6) is 0. The van der Waals surface area contributed by atoms with Gasteiger partial charge in [-0.2, -0.15) is 13.2 Å². The Hall–Kier alpha value is -1.03. The van der Waals surface area contributed by atoms with Crippen molar-refractivity contribution in [3.05, 3.63) is 35.4 Å². The molecule has 1 heterocycles.